The van der Waals surface area contributed by atoms with E-state index in [4.69, 9.17) is 19.9 Å². The number of rotatable bonds is 8. The monoisotopic (exact) mass is 584 g/mol. The summed E-state index contributed by atoms with van der Waals surface area (Å²) in [6.07, 6.45) is 6.63. The highest BCUT2D eigenvalue weighted by molar-refractivity contribution is 7.98. The quantitative estimate of drug-likeness (QED) is 0.363. The number of carbonyl (C=O) groups is 1. The van der Waals surface area contributed by atoms with E-state index >= 15 is 8.78 Å². The van der Waals surface area contributed by atoms with E-state index in [0.29, 0.717) is 49.5 Å². The Kier molecular flexibility index (Phi) is 9.49. The largest absolute Gasteiger partial charge is 0.491 e. The van der Waals surface area contributed by atoms with Gasteiger partial charge >= 0.3 is 0 Å². The van der Waals surface area contributed by atoms with Crippen molar-refractivity contribution in [2.45, 2.75) is 37.3 Å². The zero-order valence-electron chi connectivity index (χ0n) is 23.1. The van der Waals surface area contributed by atoms with Crippen LogP contribution in [0, 0.1) is 17.6 Å². The molecule has 8 nitrogen and oxygen atoms in total. The highest BCUT2D eigenvalue weighted by Gasteiger charge is 2.39. The van der Waals surface area contributed by atoms with Gasteiger partial charge in [0, 0.05) is 36.7 Å². The maximum Gasteiger partial charge on any atom is 0.274 e. The van der Waals surface area contributed by atoms with Gasteiger partial charge in [0.25, 0.3) is 5.91 Å². The standard InChI is InChI=1S/C30H34F2N4O4S/c1-38-7-8-39-20-13-18-12-19-11-17(14-24(33)29(19)40-9-10-41-2)21-5-6-34-16-26(21)36-30(37)25-4-3-22(31)28(35-25)27(18)23(32)15-20/h3-6,13,15-17,19,24,29H,7-12,14,33H2,1-2H3,(H,36,37). The maximum absolute atomic E-state index is 15.9. The fourth-order valence-corrected chi connectivity index (χ4v) is 6.12. The van der Waals surface area contributed by atoms with Crippen molar-refractivity contribution in [1.82, 2.24) is 9.97 Å². The highest BCUT2D eigenvalue weighted by Crippen LogP contribution is 2.43. The van der Waals surface area contributed by atoms with E-state index in [1.54, 1.807) is 37.3 Å². The minimum atomic E-state index is -0.738. The fraction of sp³-hybridized carbons (Fsp3) is 0.433. The zero-order chi connectivity index (χ0) is 28.9. The molecule has 11 heteroatoms. The van der Waals surface area contributed by atoms with Gasteiger partial charge in [-0.2, -0.15) is 11.8 Å². The molecule has 4 atom stereocenters. The van der Waals surface area contributed by atoms with Crippen LogP contribution in [-0.2, 0) is 15.9 Å². The number of hydrogen-bond acceptors (Lipinski definition) is 8. The summed E-state index contributed by atoms with van der Waals surface area (Å²) in [5.41, 5.74) is 8.43. The number of nitrogens with zero attached hydrogens (tertiary/aromatic N) is 2. The molecule has 1 fully saturated rings. The normalized spacial score (nSPS) is 21.9. The topological polar surface area (TPSA) is 109 Å². The van der Waals surface area contributed by atoms with Gasteiger partial charge in [0.1, 0.15) is 35.4 Å². The van der Waals surface area contributed by atoms with Gasteiger partial charge in [-0.25, -0.2) is 13.8 Å². The first-order valence-electron chi connectivity index (χ1n) is 13.6. The molecule has 2 aliphatic rings. The lowest BCUT2D eigenvalue weighted by molar-refractivity contribution is -0.0208. The first-order valence-corrected chi connectivity index (χ1v) is 15.0. The predicted octanol–water partition coefficient (Wildman–Crippen LogP) is 4.82. The number of aromatic nitrogens is 2. The Labute approximate surface area is 242 Å². The molecular formula is C30H34F2N4O4S. The van der Waals surface area contributed by atoms with Crippen molar-refractivity contribution in [2.24, 2.45) is 11.7 Å². The molecule has 0 saturated heterocycles. The Balaban J connectivity index is 1.67. The summed E-state index contributed by atoms with van der Waals surface area (Å²) in [6.45, 7) is 1.07. The number of carbonyl (C=O) groups excluding carboxylic acids is 1. The molecule has 3 N–H and O–H groups in total. The van der Waals surface area contributed by atoms with Crippen molar-refractivity contribution in [3.05, 3.63) is 71.2 Å². The lowest BCUT2D eigenvalue weighted by Gasteiger charge is -2.41. The summed E-state index contributed by atoms with van der Waals surface area (Å²) in [4.78, 5) is 21.8. The number of halogens is 2. The second-order valence-electron chi connectivity index (χ2n) is 10.3. The van der Waals surface area contributed by atoms with Crippen molar-refractivity contribution >= 4 is 23.4 Å². The number of ether oxygens (including phenoxy) is 3. The third kappa shape index (κ3) is 6.53. The number of benzene rings is 1. The lowest BCUT2D eigenvalue weighted by atomic mass is 9.71. The smallest absolute Gasteiger partial charge is 0.274 e. The molecule has 218 valence electrons. The molecule has 1 aromatic carbocycles. The average Bonchev–Trinajstić information content (AvgIpc) is 2.95. The molecule has 1 aliphatic heterocycles. The summed E-state index contributed by atoms with van der Waals surface area (Å²) in [5, 5.41) is 2.89. The number of anilines is 1. The van der Waals surface area contributed by atoms with Crippen molar-refractivity contribution in [2.75, 3.05) is 44.3 Å². The van der Waals surface area contributed by atoms with Crippen LogP contribution in [0.3, 0.4) is 0 Å². The fourth-order valence-electron chi connectivity index (χ4n) is 5.86. The van der Waals surface area contributed by atoms with Crippen LogP contribution in [0.25, 0.3) is 11.3 Å². The minimum Gasteiger partial charge on any atom is -0.491 e. The molecular weight excluding hydrogens is 550 g/mol. The first-order chi connectivity index (χ1) is 19.9. The van der Waals surface area contributed by atoms with Gasteiger partial charge in [0.2, 0.25) is 0 Å². The Morgan fingerprint density at radius 2 is 1.98 bits per heavy atom. The van der Waals surface area contributed by atoms with Gasteiger partial charge in [0.15, 0.2) is 0 Å². The Morgan fingerprint density at radius 1 is 1.12 bits per heavy atom. The molecule has 1 aliphatic carbocycles. The van der Waals surface area contributed by atoms with E-state index < -0.39 is 17.5 Å². The van der Waals surface area contributed by atoms with Crippen molar-refractivity contribution in [1.29, 1.82) is 0 Å². The van der Waals surface area contributed by atoms with Gasteiger partial charge in [-0.05, 0) is 72.7 Å². The molecule has 0 radical (unpaired) electrons. The summed E-state index contributed by atoms with van der Waals surface area (Å²) >= 11 is 1.68. The second kappa shape index (κ2) is 13.2. The molecule has 4 unspecified atom stereocenters. The number of pyridine rings is 2. The van der Waals surface area contributed by atoms with Crippen LogP contribution in [0.1, 0.15) is 40.4 Å². The Bertz CT molecular complexity index is 1390. The highest BCUT2D eigenvalue weighted by atomic mass is 32.2. The van der Waals surface area contributed by atoms with Gasteiger partial charge in [0.05, 0.1) is 31.2 Å². The van der Waals surface area contributed by atoms with Gasteiger partial charge in [-0.1, -0.05) is 0 Å². The van der Waals surface area contributed by atoms with E-state index in [-0.39, 0.29) is 47.5 Å². The van der Waals surface area contributed by atoms with Crippen molar-refractivity contribution in [3.8, 4) is 17.0 Å². The van der Waals surface area contributed by atoms with Crippen molar-refractivity contribution in [3.63, 3.8) is 0 Å². The molecule has 5 rings (SSSR count). The number of methoxy groups -OCH3 is 1. The van der Waals surface area contributed by atoms with Crippen LogP contribution < -0.4 is 15.8 Å². The van der Waals surface area contributed by atoms with E-state index in [2.05, 4.69) is 15.3 Å². The molecule has 1 saturated carbocycles. The molecule has 3 aromatic rings. The van der Waals surface area contributed by atoms with E-state index in [1.807, 2.05) is 12.3 Å². The third-order valence-electron chi connectivity index (χ3n) is 7.67. The maximum atomic E-state index is 15.9. The van der Waals surface area contributed by atoms with Gasteiger partial charge in [-0.3, -0.25) is 9.78 Å². The molecule has 1 amide bonds. The predicted molar refractivity (Wildman–Crippen MR) is 154 cm³/mol. The van der Waals surface area contributed by atoms with Crippen LogP contribution >= 0.6 is 11.8 Å². The Morgan fingerprint density at radius 3 is 2.78 bits per heavy atom. The van der Waals surface area contributed by atoms with E-state index in [9.17, 15) is 4.79 Å². The van der Waals surface area contributed by atoms with Gasteiger partial charge < -0.3 is 25.3 Å². The summed E-state index contributed by atoms with van der Waals surface area (Å²) in [6, 6.07) is 6.92. The number of hydrogen-bond donors (Lipinski definition) is 2. The molecule has 41 heavy (non-hydrogen) atoms. The summed E-state index contributed by atoms with van der Waals surface area (Å²) in [7, 11) is 1.55. The number of nitrogens with two attached hydrogens (primary N) is 1. The molecule has 4 bridgehead atoms. The van der Waals surface area contributed by atoms with Crippen LogP contribution in [-0.4, -0.2) is 67.0 Å². The number of amides is 1. The van der Waals surface area contributed by atoms with Gasteiger partial charge in [-0.15, -0.1) is 0 Å². The van der Waals surface area contributed by atoms with E-state index in [1.165, 1.54) is 12.1 Å². The molecule has 3 heterocycles. The van der Waals surface area contributed by atoms with Crippen LogP contribution in [0.15, 0.2) is 42.7 Å². The van der Waals surface area contributed by atoms with Crippen molar-refractivity contribution < 1.29 is 27.8 Å². The van der Waals surface area contributed by atoms with Crippen LogP contribution in [0.2, 0.25) is 0 Å². The van der Waals surface area contributed by atoms with E-state index in [0.717, 1.165) is 17.4 Å². The number of nitrogens with one attached hydrogen (secondary N) is 1. The first kappa shape index (κ1) is 29.4. The van der Waals surface area contributed by atoms with Crippen LogP contribution in [0.4, 0.5) is 14.5 Å². The summed E-state index contributed by atoms with van der Waals surface area (Å²) < 4.78 is 48.4. The third-order valence-corrected chi connectivity index (χ3v) is 8.25. The average molecular weight is 585 g/mol. The summed E-state index contributed by atoms with van der Waals surface area (Å²) in [5.74, 6) is -1.03. The number of fused-ring (bicyclic) bond motifs is 8. The second-order valence-corrected chi connectivity index (χ2v) is 11.3. The number of thioether (sulfide) groups is 1. The minimum absolute atomic E-state index is 0.00627. The zero-order valence-corrected chi connectivity index (χ0v) is 23.9. The van der Waals surface area contributed by atoms with Crippen LogP contribution in [0.5, 0.6) is 5.75 Å². The SMILES string of the molecule is COCCOc1cc(F)c2c(c1)CC1CC(CC(N)C1OCCSC)c1ccncc1NC(=O)c1ccc(F)c-2n1. The molecule has 2 aromatic heterocycles. The molecule has 0 spiro atoms. The Hall–Kier alpha value is -3.12. The lowest BCUT2D eigenvalue weighted by Crippen LogP contribution is -2.48.